The zero-order chi connectivity index (χ0) is 12.0. The molecular weight excluding hydrogens is 224 g/mol. The molecule has 0 amide bonds. The van der Waals surface area contributed by atoms with E-state index >= 15 is 0 Å². The van der Waals surface area contributed by atoms with Crippen molar-refractivity contribution in [3.05, 3.63) is 0 Å². The summed E-state index contributed by atoms with van der Waals surface area (Å²) in [5.74, 6) is 0.216. The highest BCUT2D eigenvalue weighted by molar-refractivity contribution is 7.89. The Morgan fingerprint density at radius 1 is 1.25 bits per heavy atom. The topological polar surface area (TPSA) is 49.4 Å². The second-order valence-electron chi connectivity index (χ2n) is 4.41. The first-order valence-electron chi connectivity index (χ1n) is 6.26. The maximum absolute atomic E-state index is 12.1. The third kappa shape index (κ3) is 3.71. The molecule has 0 aromatic carbocycles. The maximum Gasteiger partial charge on any atom is 0.215 e. The minimum absolute atomic E-state index is 0.216. The summed E-state index contributed by atoms with van der Waals surface area (Å²) in [5.41, 5.74) is 0. The van der Waals surface area contributed by atoms with Crippen molar-refractivity contribution in [1.82, 2.24) is 9.62 Å². The van der Waals surface area contributed by atoms with Crippen LogP contribution in [0.4, 0.5) is 0 Å². The van der Waals surface area contributed by atoms with Crippen LogP contribution in [0.1, 0.15) is 39.0 Å². The van der Waals surface area contributed by atoms with Crippen LogP contribution in [0.2, 0.25) is 0 Å². The zero-order valence-electron chi connectivity index (χ0n) is 10.4. The molecule has 1 saturated carbocycles. The smallest absolute Gasteiger partial charge is 0.215 e. The predicted octanol–water partition coefficient (Wildman–Crippen LogP) is 1.19. The van der Waals surface area contributed by atoms with Crippen LogP contribution in [0, 0.1) is 0 Å². The molecule has 1 fully saturated rings. The van der Waals surface area contributed by atoms with Crippen molar-refractivity contribution in [3.8, 4) is 0 Å². The first-order chi connectivity index (χ1) is 7.61. The lowest BCUT2D eigenvalue weighted by Crippen LogP contribution is -2.43. The minimum Gasteiger partial charge on any atom is -0.319 e. The van der Waals surface area contributed by atoms with Gasteiger partial charge in [0, 0.05) is 19.1 Å². The summed E-state index contributed by atoms with van der Waals surface area (Å²) < 4.78 is 25.9. The number of hydrogen-bond donors (Lipinski definition) is 1. The molecule has 0 aromatic heterocycles. The molecule has 5 heteroatoms. The highest BCUT2D eigenvalue weighted by atomic mass is 32.2. The summed E-state index contributed by atoms with van der Waals surface area (Å²) >= 11 is 0. The molecule has 1 N–H and O–H groups in total. The molecule has 0 radical (unpaired) electrons. The van der Waals surface area contributed by atoms with E-state index in [1.54, 1.807) is 11.4 Å². The number of sulfonamides is 1. The molecule has 0 heterocycles. The lowest BCUT2D eigenvalue weighted by molar-refractivity contribution is 0.261. The fourth-order valence-electron chi connectivity index (χ4n) is 2.40. The van der Waals surface area contributed by atoms with Crippen molar-refractivity contribution in [2.24, 2.45) is 0 Å². The Morgan fingerprint density at radius 2 is 1.88 bits per heavy atom. The molecule has 1 rings (SSSR count). The second kappa shape index (κ2) is 6.57. The van der Waals surface area contributed by atoms with E-state index in [4.69, 9.17) is 0 Å². The van der Waals surface area contributed by atoms with E-state index in [0.29, 0.717) is 13.1 Å². The molecule has 96 valence electrons. The molecular formula is C11H24N2O2S. The SMILES string of the molecule is CCN(C1CCCCC1)S(=O)(=O)CCNC. The Hall–Kier alpha value is -0.130. The average Bonchev–Trinajstić information content (AvgIpc) is 2.28. The van der Waals surface area contributed by atoms with E-state index in [1.807, 2.05) is 6.92 Å². The van der Waals surface area contributed by atoms with Crippen LogP contribution in [0.25, 0.3) is 0 Å². The third-order valence-electron chi connectivity index (χ3n) is 3.26. The van der Waals surface area contributed by atoms with Gasteiger partial charge in [-0.05, 0) is 19.9 Å². The summed E-state index contributed by atoms with van der Waals surface area (Å²) in [7, 11) is -1.28. The lowest BCUT2D eigenvalue weighted by atomic mass is 9.95. The van der Waals surface area contributed by atoms with Crippen molar-refractivity contribution in [2.75, 3.05) is 25.9 Å². The van der Waals surface area contributed by atoms with Crippen molar-refractivity contribution in [1.29, 1.82) is 0 Å². The highest BCUT2D eigenvalue weighted by Crippen LogP contribution is 2.24. The van der Waals surface area contributed by atoms with E-state index in [9.17, 15) is 8.42 Å². The number of hydrogen-bond acceptors (Lipinski definition) is 3. The van der Waals surface area contributed by atoms with Crippen LogP contribution in [-0.4, -0.2) is 44.7 Å². The number of rotatable bonds is 6. The first-order valence-corrected chi connectivity index (χ1v) is 7.87. The summed E-state index contributed by atoms with van der Waals surface area (Å²) in [6.45, 7) is 3.08. The molecule has 0 aliphatic heterocycles. The van der Waals surface area contributed by atoms with E-state index in [2.05, 4.69) is 5.32 Å². The van der Waals surface area contributed by atoms with Gasteiger partial charge in [-0.1, -0.05) is 26.2 Å². The van der Waals surface area contributed by atoms with E-state index in [1.165, 1.54) is 19.3 Å². The highest BCUT2D eigenvalue weighted by Gasteiger charge is 2.28. The maximum atomic E-state index is 12.1. The Kier molecular flexibility index (Phi) is 5.72. The average molecular weight is 248 g/mol. The summed E-state index contributed by atoms with van der Waals surface area (Å²) in [6, 6.07) is 0.251. The molecule has 0 atom stereocenters. The van der Waals surface area contributed by atoms with Crippen LogP contribution in [0.15, 0.2) is 0 Å². The molecule has 16 heavy (non-hydrogen) atoms. The molecule has 4 nitrogen and oxygen atoms in total. The van der Waals surface area contributed by atoms with Gasteiger partial charge in [-0.3, -0.25) is 0 Å². The van der Waals surface area contributed by atoms with Crippen LogP contribution >= 0.6 is 0 Å². The number of nitrogens with one attached hydrogen (secondary N) is 1. The number of nitrogens with zero attached hydrogens (tertiary/aromatic N) is 1. The summed E-state index contributed by atoms with van der Waals surface area (Å²) in [5, 5.41) is 2.90. The fraction of sp³-hybridized carbons (Fsp3) is 1.00. The van der Waals surface area contributed by atoms with Gasteiger partial charge in [0.25, 0.3) is 0 Å². The van der Waals surface area contributed by atoms with Crippen molar-refractivity contribution in [2.45, 2.75) is 45.1 Å². The van der Waals surface area contributed by atoms with Gasteiger partial charge in [-0.15, -0.1) is 0 Å². The van der Waals surface area contributed by atoms with Gasteiger partial charge in [-0.25, -0.2) is 8.42 Å². The van der Waals surface area contributed by atoms with E-state index < -0.39 is 10.0 Å². The van der Waals surface area contributed by atoms with Gasteiger partial charge in [0.05, 0.1) is 5.75 Å². The molecule has 1 aliphatic carbocycles. The van der Waals surface area contributed by atoms with Gasteiger partial charge in [0.1, 0.15) is 0 Å². The third-order valence-corrected chi connectivity index (χ3v) is 5.25. The Morgan fingerprint density at radius 3 is 2.38 bits per heavy atom. The van der Waals surface area contributed by atoms with Crippen LogP contribution in [-0.2, 0) is 10.0 Å². The molecule has 0 spiro atoms. The second-order valence-corrected chi connectivity index (χ2v) is 6.46. The van der Waals surface area contributed by atoms with Gasteiger partial charge < -0.3 is 5.32 Å². The quantitative estimate of drug-likeness (QED) is 0.768. The molecule has 0 saturated heterocycles. The van der Waals surface area contributed by atoms with Gasteiger partial charge in [0.2, 0.25) is 10.0 Å². The first kappa shape index (κ1) is 13.9. The van der Waals surface area contributed by atoms with Gasteiger partial charge >= 0.3 is 0 Å². The van der Waals surface area contributed by atoms with E-state index in [0.717, 1.165) is 12.8 Å². The Bertz CT molecular complexity index is 284. The lowest BCUT2D eigenvalue weighted by Gasteiger charge is -2.32. The van der Waals surface area contributed by atoms with Crippen LogP contribution < -0.4 is 5.32 Å². The normalized spacial score (nSPS) is 19.2. The Balaban J connectivity index is 2.64. The zero-order valence-corrected chi connectivity index (χ0v) is 11.2. The van der Waals surface area contributed by atoms with Crippen LogP contribution in [0.5, 0.6) is 0 Å². The molecule has 1 aliphatic rings. The summed E-state index contributed by atoms with van der Waals surface area (Å²) in [4.78, 5) is 0. The molecule has 0 unspecified atom stereocenters. The van der Waals surface area contributed by atoms with E-state index in [-0.39, 0.29) is 11.8 Å². The van der Waals surface area contributed by atoms with Crippen molar-refractivity contribution in [3.63, 3.8) is 0 Å². The van der Waals surface area contributed by atoms with Crippen LogP contribution in [0.3, 0.4) is 0 Å². The van der Waals surface area contributed by atoms with Gasteiger partial charge in [-0.2, -0.15) is 4.31 Å². The minimum atomic E-state index is -3.06. The monoisotopic (exact) mass is 248 g/mol. The van der Waals surface area contributed by atoms with Gasteiger partial charge in [0.15, 0.2) is 0 Å². The predicted molar refractivity (Wildman–Crippen MR) is 67.0 cm³/mol. The largest absolute Gasteiger partial charge is 0.319 e. The standard InChI is InChI=1S/C11H24N2O2S/c1-3-13(11-7-5-4-6-8-11)16(14,15)10-9-12-2/h11-12H,3-10H2,1-2H3. The molecule has 0 bridgehead atoms. The fourth-order valence-corrected chi connectivity index (χ4v) is 4.15. The molecule has 0 aromatic rings. The summed E-state index contributed by atoms with van der Waals surface area (Å²) in [6.07, 6.45) is 5.66. The van der Waals surface area contributed by atoms with Crippen molar-refractivity contribution >= 4 is 10.0 Å². The van der Waals surface area contributed by atoms with Crippen molar-refractivity contribution < 1.29 is 8.42 Å². The Labute approximate surface area is 99.5 Å².